The van der Waals surface area contributed by atoms with Gasteiger partial charge in [0.25, 0.3) is 0 Å². The van der Waals surface area contributed by atoms with Crippen molar-refractivity contribution in [3.05, 3.63) is 102 Å². The number of ketones is 1. The number of carbonyl (C=O) groups is 4. The maximum atomic E-state index is 12.8. The first-order chi connectivity index (χ1) is 18.7. The highest BCUT2D eigenvalue weighted by atomic mass is 32.2. The highest BCUT2D eigenvalue weighted by Crippen LogP contribution is 2.29. The molecule has 0 aliphatic carbocycles. The zero-order chi connectivity index (χ0) is 28.4. The molecule has 3 aromatic carbocycles. The van der Waals surface area contributed by atoms with Gasteiger partial charge in [0.2, 0.25) is 5.78 Å². The first-order valence-corrected chi connectivity index (χ1v) is 12.8. The minimum absolute atomic E-state index is 0.00834. The molecule has 0 aliphatic heterocycles. The van der Waals surface area contributed by atoms with Crippen molar-refractivity contribution in [1.82, 2.24) is 0 Å². The summed E-state index contributed by atoms with van der Waals surface area (Å²) < 4.78 is 10.3. The second kappa shape index (κ2) is 13.9. The summed E-state index contributed by atoms with van der Waals surface area (Å²) >= 11 is 1.46. The molecular weight excluding hydrogens is 518 g/mol. The van der Waals surface area contributed by atoms with Gasteiger partial charge in [0.15, 0.2) is 0 Å². The van der Waals surface area contributed by atoms with E-state index in [4.69, 9.17) is 14.3 Å². The van der Waals surface area contributed by atoms with Gasteiger partial charge < -0.3 is 14.3 Å². The van der Waals surface area contributed by atoms with Crippen LogP contribution < -0.4 is 4.74 Å². The maximum absolute atomic E-state index is 12.8. The number of esters is 2. The van der Waals surface area contributed by atoms with Crippen LogP contribution >= 0.6 is 11.8 Å². The Balaban J connectivity index is 1.61. The standard InChI is InChI=1S/C30H27NO7S/c1-5-18-36-29(34)25-8-6-7-9-26(25)30(35)38-31-20(4)27(32)21-10-14-23(15-11-21)39-24-16-12-22(13-17-24)37-28(33)19(2)3/h6-17H,2,5,18H2,1,3-4H3/b31-20+. The van der Waals surface area contributed by atoms with Gasteiger partial charge in [-0.3, -0.25) is 4.79 Å². The number of hydrogen-bond donors (Lipinski definition) is 0. The number of Topliss-reactive ketones (excluding diaryl/α,β-unsaturated/α-hetero) is 1. The molecule has 3 aromatic rings. The summed E-state index contributed by atoms with van der Waals surface area (Å²) in [5, 5.41) is 3.69. The topological polar surface area (TPSA) is 108 Å². The normalized spacial score (nSPS) is 10.9. The lowest BCUT2D eigenvalue weighted by Crippen LogP contribution is -2.15. The number of oxime groups is 1. The van der Waals surface area contributed by atoms with Gasteiger partial charge in [-0.1, -0.05) is 42.6 Å². The van der Waals surface area contributed by atoms with E-state index in [0.717, 1.165) is 9.79 Å². The summed E-state index contributed by atoms with van der Waals surface area (Å²) in [6, 6.07) is 19.9. The Hall–Kier alpha value is -4.50. The van der Waals surface area contributed by atoms with Crippen LogP contribution in [0.1, 0.15) is 58.3 Å². The van der Waals surface area contributed by atoms with E-state index in [9.17, 15) is 19.2 Å². The molecule has 0 heterocycles. The van der Waals surface area contributed by atoms with E-state index in [0.29, 0.717) is 23.3 Å². The summed E-state index contributed by atoms with van der Waals surface area (Å²) in [6.45, 7) is 8.65. The molecule has 0 unspecified atom stereocenters. The number of nitrogens with zero attached hydrogens (tertiary/aromatic N) is 1. The lowest BCUT2D eigenvalue weighted by atomic mass is 10.1. The van der Waals surface area contributed by atoms with Crippen LogP contribution in [-0.2, 0) is 14.4 Å². The van der Waals surface area contributed by atoms with E-state index < -0.39 is 23.7 Å². The first kappa shape index (κ1) is 29.1. The average Bonchev–Trinajstić information content (AvgIpc) is 2.95. The predicted molar refractivity (Wildman–Crippen MR) is 147 cm³/mol. The van der Waals surface area contributed by atoms with Crippen LogP contribution in [0.5, 0.6) is 5.75 Å². The van der Waals surface area contributed by atoms with Gasteiger partial charge in [0, 0.05) is 20.9 Å². The second-order valence-corrected chi connectivity index (χ2v) is 9.48. The molecular formula is C30H27NO7S. The first-order valence-electron chi connectivity index (χ1n) is 12.0. The predicted octanol–water partition coefficient (Wildman–Crippen LogP) is 6.30. The van der Waals surface area contributed by atoms with E-state index in [1.165, 1.54) is 30.8 Å². The molecule has 3 rings (SSSR count). The zero-order valence-electron chi connectivity index (χ0n) is 21.8. The van der Waals surface area contributed by atoms with Crippen molar-refractivity contribution in [3.63, 3.8) is 0 Å². The van der Waals surface area contributed by atoms with Crippen molar-refractivity contribution in [3.8, 4) is 5.75 Å². The Morgan fingerprint density at radius 2 is 1.38 bits per heavy atom. The molecule has 0 amide bonds. The minimum Gasteiger partial charge on any atom is -0.462 e. The Bertz CT molecular complexity index is 1410. The van der Waals surface area contributed by atoms with Crippen LogP contribution in [-0.4, -0.2) is 36.0 Å². The van der Waals surface area contributed by atoms with Crippen molar-refractivity contribution in [2.75, 3.05) is 6.61 Å². The number of ether oxygens (including phenoxy) is 2. The van der Waals surface area contributed by atoms with Gasteiger partial charge in [-0.2, -0.15) is 0 Å². The minimum atomic E-state index is -0.877. The quantitative estimate of drug-likeness (QED) is 0.0525. The Labute approximate surface area is 230 Å². The molecule has 8 nitrogen and oxygen atoms in total. The maximum Gasteiger partial charge on any atom is 0.366 e. The van der Waals surface area contributed by atoms with E-state index in [1.807, 2.05) is 19.1 Å². The average molecular weight is 546 g/mol. The number of hydrogen-bond acceptors (Lipinski definition) is 9. The lowest BCUT2D eigenvalue weighted by molar-refractivity contribution is -0.130. The SMILES string of the molecule is C=C(C)C(=O)Oc1ccc(Sc2ccc(C(=O)/C(C)=N/OC(=O)c3ccccc3C(=O)OCCC)cc2)cc1. The Morgan fingerprint density at radius 3 is 1.95 bits per heavy atom. The molecule has 0 aromatic heterocycles. The summed E-state index contributed by atoms with van der Waals surface area (Å²) in [5.41, 5.74) is 0.699. The molecule has 0 radical (unpaired) electrons. The molecule has 9 heteroatoms. The van der Waals surface area contributed by atoms with Gasteiger partial charge in [0.1, 0.15) is 11.5 Å². The van der Waals surface area contributed by atoms with E-state index in [1.54, 1.807) is 55.5 Å². The van der Waals surface area contributed by atoms with Crippen molar-refractivity contribution in [2.45, 2.75) is 37.0 Å². The van der Waals surface area contributed by atoms with E-state index in [-0.39, 0.29) is 23.4 Å². The van der Waals surface area contributed by atoms with Crippen LogP contribution in [0.25, 0.3) is 0 Å². The molecule has 200 valence electrons. The number of carbonyl (C=O) groups excluding carboxylic acids is 4. The third-order valence-corrected chi connectivity index (χ3v) is 6.15. The molecule has 0 atom stereocenters. The van der Waals surface area contributed by atoms with Crippen LogP contribution in [0.3, 0.4) is 0 Å². The zero-order valence-corrected chi connectivity index (χ0v) is 22.6. The van der Waals surface area contributed by atoms with E-state index in [2.05, 4.69) is 11.7 Å². The molecule has 0 bridgehead atoms. The van der Waals surface area contributed by atoms with Crippen LogP contribution in [0.2, 0.25) is 0 Å². The summed E-state index contributed by atoms with van der Waals surface area (Å²) in [6.07, 6.45) is 0.644. The summed E-state index contributed by atoms with van der Waals surface area (Å²) in [4.78, 5) is 55.9. The molecule has 39 heavy (non-hydrogen) atoms. The van der Waals surface area contributed by atoms with Crippen molar-refractivity contribution in [1.29, 1.82) is 0 Å². The van der Waals surface area contributed by atoms with Gasteiger partial charge in [-0.05, 0) is 80.9 Å². The fourth-order valence-corrected chi connectivity index (χ4v) is 3.92. The smallest absolute Gasteiger partial charge is 0.366 e. The second-order valence-electron chi connectivity index (χ2n) is 8.33. The molecule has 0 aliphatic rings. The third kappa shape index (κ3) is 8.24. The van der Waals surface area contributed by atoms with Crippen molar-refractivity contribution >= 4 is 41.2 Å². The molecule has 0 spiro atoms. The monoisotopic (exact) mass is 545 g/mol. The highest BCUT2D eigenvalue weighted by molar-refractivity contribution is 7.99. The molecule has 0 fully saturated rings. The molecule has 0 saturated carbocycles. The van der Waals surface area contributed by atoms with Gasteiger partial charge in [-0.25, -0.2) is 14.4 Å². The van der Waals surface area contributed by atoms with Crippen LogP contribution in [0, 0.1) is 0 Å². The summed E-state index contributed by atoms with van der Waals surface area (Å²) in [7, 11) is 0. The molecule has 0 saturated heterocycles. The van der Waals surface area contributed by atoms with Crippen LogP contribution in [0.15, 0.2) is 99.9 Å². The largest absolute Gasteiger partial charge is 0.462 e. The van der Waals surface area contributed by atoms with Crippen LogP contribution in [0.4, 0.5) is 0 Å². The lowest BCUT2D eigenvalue weighted by Gasteiger charge is -2.07. The van der Waals surface area contributed by atoms with Gasteiger partial charge in [0.05, 0.1) is 17.7 Å². The van der Waals surface area contributed by atoms with Gasteiger partial charge >= 0.3 is 17.9 Å². The van der Waals surface area contributed by atoms with Crippen molar-refractivity contribution < 1.29 is 33.5 Å². The number of rotatable bonds is 11. The fraction of sp³-hybridized carbons (Fsp3) is 0.167. The van der Waals surface area contributed by atoms with E-state index >= 15 is 0 Å². The molecule has 0 N–H and O–H groups in total. The highest BCUT2D eigenvalue weighted by Gasteiger charge is 2.20. The Kier molecular flexibility index (Phi) is 10.3. The number of benzene rings is 3. The Morgan fingerprint density at radius 1 is 0.821 bits per heavy atom. The fourth-order valence-electron chi connectivity index (χ4n) is 3.10. The summed E-state index contributed by atoms with van der Waals surface area (Å²) in [5.74, 6) is -2.00. The third-order valence-electron chi connectivity index (χ3n) is 5.13. The van der Waals surface area contributed by atoms with Crippen molar-refractivity contribution in [2.24, 2.45) is 5.16 Å². The van der Waals surface area contributed by atoms with Gasteiger partial charge in [-0.15, -0.1) is 0 Å².